The van der Waals surface area contributed by atoms with Gasteiger partial charge in [0, 0.05) is 17.3 Å². The molecule has 3 N–H and O–H groups in total. The largest absolute Gasteiger partial charge is 0.497 e. The summed E-state index contributed by atoms with van der Waals surface area (Å²) < 4.78 is 85.5. The fourth-order valence-electron chi connectivity index (χ4n) is 3.23. The predicted octanol–water partition coefficient (Wildman–Crippen LogP) is 2.96. The first-order chi connectivity index (χ1) is 18.8. The van der Waals surface area contributed by atoms with Gasteiger partial charge in [0.15, 0.2) is 5.82 Å². The van der Waals surface area contributed by atoms with Gasteiger partial charge in [0.1, 0.15) is 5.75 Å². The maximum Gasteiger partial charge on any atom is 0.441 e. The number of rotatable bonds is 11. The van der Waals surface area contributed by atoms with E-state index in [1.165, 1.54) is 57.5 Å². The SMILES string of the molecule is CCOC(=O)C(NC(=O)c1ccc(OC)cc1)(Nc1ccc(S(=O)(=O)Nc2ccc(OC)nn2)cc1)C(F)(F)F. The number of nitrogens with one attached hydrogen (secondary N) is 3. The summed E-state index contributed by atoms with van der Waals surface area (Å²) >= 11 is 0. The Bertz CT molecular complexity index is 1440. The van der Waals surface area contributed by atoms with E-state index in [0.717, 1.165) is 24.3 Å². The van der Waals surface area contributed by atoms with Crippen LogP contribution in [0, 0.1) is 0 Å². The lowest BCUT2D eigenvalue weighted by atomic mass is 10.1. The smallest absolute Gasteiger partial charge is 0.441 e. The van der Waals surface area contributed by atoms with Gasteiger partial charge in [-0.15, -0.1) is 10.2 Å². The van der Waals surface area contributed by atoms with Gasteiger partial charge in [-0.25, -0.2) is 13.2 Å². The second-order valence-corrected chi connectivity index (χ2v) is 9.55. The summed E-state index contributed by atoms with van der Waals surface area (Å²) in [6.07, 6.45) is -5.40. The number of aromatic nitrogens is 2. The molecule has 0 aliphatic heterocycles. The lowest BCUT2D eigenvalue weighted by Gasteiger charge is -2.35. The zero-order valence-electron chi connectivity index (χ0n) is 21.3. The molecule has 16 heteroatoms. The van der Waals surface area contributed by atoms with Crippen molar-refractivity contribution in [3.63, 3.8) is 0 Å². The maximum absolute atomic E-state index is 14.5. The first-order valence-corrected chi connectivity index (χ1v) is 12.8. The Balaban J connectivity index is 1.91. The number of halogens is 3. The second-order valence-electron chi connectivity index (χ2n) is 7.87. The van der Waals surface area contributed by atoms with Gasteiger partial charge in [0.25, 0.3) is 15.9 Å². The number of nitrogens with zero attached hydrogens (tertiary/aromatic N) is 2. The van der Waals surface area contributed by atoms with Crippen LogP contribution in [0.1, 0.15) is 17.3 Å². The third-order valence-electron chi connectivity index (χ3n) is 5.24. The van der Waals surface area contributed by atoms with Crippen LogP contribution in [-0.2, 0) is 19.6 Å². The molecule has 3 aromatic rings. The van der Waals surface area contributed by atoms with E-state index in [0.29, 0.717) is 5.75 Å². The number of anilines is 2. The van der Waals surface area contributed by atoms with Crippen LogP contribution in [0.2, 0.25) is 0 Å². The van der Waals surface area contributed by atoms with Crippen LogP contribution >= 0.6 is 0 Å². The molecule has 1 atom stereocenters. The molecule has 0 spiro atoms. The molecule has 2 aromatic carbocycles. The number of benzene rings is 2. The van der Waals surface area contributed by atoms with Gasteiger partial charge in [-0.3, -0.25) is 9.52 Å². The molecule has 0 aliphatic rings. The highest BCUT2D eigenvalue weighted by Crippen LogP contribution is 2.34. The van der Waals surface area contributed by atoms with Crippen molar-refractivity contribution < 1.29 is 45.4 Å². The van der Waals surface area contributed by atoms with E-state index >= 15 is 0 Å². The normalized spacial score (nSPS) is 12.9. The monoisotopic (exact) mass is 583 g/mol. The summed E-state index contributed by atoms with van der Waals surface area (Å²) in [5, 5.41) is 11.0. The third-order valence-corrected chi connectivity index (χ3v) is 6.62. The summed E-state index contributed by atoms with van der Waals surface area (Å²) in [4.78, 5) is 25.1. The van der Waals surface area contributed by atoms with Crippen molar-refractivity contribution in [2.75, 3.05) is 30.9 Å². The molecule has 1 amide bonds. The van der Waals surface area contributed by atoms with Crippen molar-refractivity contribution in [2.24, 2.45) is 0 Å². The van der Waals surface area contributed by atoms with E-state index in [1.807, 2.05) is 5.32 Å². The third kappa shape index (κ3) is 6.69. The topological polar surface area (TPSA) is 158 Å². The van der Waals surface area contributed by atoms with E-state index in [-0.39, 0.29) is 27.8 Å². The summed E-state index contributed by atoms with van der Waals surface area (Å²) in [7, 11) is -1.50. The van der Waals surface area contributed by atoms with Crippen LogP contribution in [0.15, 0.2) is 65.6 Å². The highest BCUT2D eigenvalue weighted by atomic mass is 32.2. The van der Waals surface area contributed by atoms with E-state index in [9.17, 15) is 31.2 Å². The van der Waals surface area contributed by atoms with Crippen molar-refractivity contribution in [1.82, 2.24) is 15.5 Å². The average molecular weight is 584 g/mol. The fourth-order valence-corrected chi connectivity index (χ4v) is 4.23. The van der Waals surface area contributed by atoms with E-state index in [2.05, 4.69) is 19.7 Å². The lowest BCUT2D eigenvalue weighted by Crippen LogP contribution is -2.69. The molecule has 40 heavy (non-hydrogen) atoms. The summed E-state index contributed by atoms with van der Waals surface area (Å²) in [5.74, 6) is -2.72. The summed E-state index contributed by atoms with van der Waals surface area (Å²) in [6.45, 7) is 0.873. The van der Waals surface area contributed by atoms with Crippen LogP contribution in [0.4, 0.5) is 24.7 Å². The number of methoxy groups -OCH3 is 2. The van der Waals surface area contributed by atoms with Gasteiger partial charge in [-0.05, 0) is 61.5 Å². The number of hydrogen-bond donors (Lipinski definition) is 3. The van der Waals surface area contributed by atoms with Crippen LogP contribution in [0.25, 0.3) is 0 Å². The number of hydrogen-bond acceptors (Lipinski definition) is 10. The minimum absolute atomic E-state index is 0.136. The maximum atomic E-state index is 14.5. The molecule has 0 bridgehead atoms. The Kier molecular flexibility index (Phi) is 9.03. The molecular weight excluding hydrogens is 559 g/mol. The number of alkyl halides is 3. The van der Waals surface area contributed by atoms with E-state index in [1.54, 1.807) is 5.32 Å². The molecule has 0 saturated carbocycles. The molecule has 214 valence electrons. The van der Waals surface area contributed by atoms with Gasteiger partial charge in [-0.2, -0.15) is 13.2 Å². The van der Waals surface area contributed by atoms with Crippen molar-refractivity contribution in [1.29, 1.82) is 0 Å². The summed E-state index contributed by atoms with van der Waals surface area (Å²) in [5.41, 5.74) is -4.28. The number of carbonyl (C=O) groups excluding carboxylic acids is 2. The van der Waals surface area contributed by atoms with Gasteiger partial charge in [0.2, 0.25) is 5.88 Å². The fraction of sp³-hybridized carbons (Fsp3) is 0.250. The second kappa shape index (κ2) is 12.1. The first-order valence-electron chi connectivity index (χ1n) is 11.3. The van der Waals surface area contributed by atoms with Crippen molar-refractivity contribution >= 4 is 33.4 Å². The molecule has 0 saturated heterocycles. The number of esters is 1. The van der Waals surface area contributed by atoms with Crippen molar-refractivity contribution in [2.45, 2.75) is 23.7 Å². The minimum Gasteiger partial charge on any atom is -0.497 e. The van der Waals surface area contributed by atoms with Crippen LogP contribution in [0.5, 0.6) is 11.6 Å². The molecular formula is C24H24F3N5O7S. The molecule has 1 heterocycles. The van der Waals surface area contributed by atoms with E-state index < -0.39 is 40.3 Å². The molecule has 1 unspecified atom stereocenters. The predicted molar refractivity (Wildman–Crippen MR) is 135 cm³/mol. The number of ether oxygens (including phenoxy) is 3. The van der Waals surface area contributed by atoms with Gasteiger partial charge in [0.05, 0.1) is 25.7 Å². The average Bonchev–Trinajstić information content (AvgIpc) is 2.92. The van der Waals surface area contributed by atoms with Gasteiger partial charge in [-0.1, -0.05) is 0 Å². The lowest BCUT2D eigenvalue weighted by molar-refractivity contribution is -0.204. The van der Waals surface area contributed by atoms with Crippen molar-refractivity contribution in [3.05, 3.63) is 66.2 Å². The molecule has 1 aromatic heterocycles. The van der Waals surface area contributed by atoms with Gasteiger partial charge >= 0.3 is 17.8 Å². The van der Waals surface area contributed by atoms with E-state index in [4.69, 9.17) is 9.47 Å². The minimum atomic E-state index is -5.40. The molecule has 3 rings (SSSR count). The Morgan fingerprint density at radius 3 is 2.05 bits per heavy atom. The Morgan fingerprint density at radius 1 is 0.900 bits per heavy atom. The molecule has 0 aliphatic carbocycles. The molecule has 0 fully saturated rings. The Morgan fingerprint density at radius 2 is 1.55 bits per heavy atom. The van der Waals surface area contributed by atoms with Crippen molar-refractivity contribution in [3.8, 4) is 11.6 Å². The summed E-state index contributed by atoms with van der Waals surface area (Å²) in [6, 6.07) is 11.7. The number of amides is 1. The first kappa shape index (κ1) is 29.9. The van der Waals surface area contributed by atoms with Gasteiger partial charge < -0.3 is 24.8 Å². The molecule has 0 radical (unpaired) electrons. The van der Waals surface area contributed by atoms with Crippen LogP contribution < -0.4 is 24.8 Å². The zero-order chi connectivity index (χ0) is 29.6. The highest BCUT2D eigenvalue weighted by molar-refractivity contribution is 7.92. The standard InChI is InChI=1S/C24H24F3N5O7S/c1-4-39-22(34)23(24(25,26)27,29-21(33)15-5-9-17(37-2)10-6-15)28-16-7-11-18(12-8-16)40(35,36)32-19-13-14-20(38-3)31-30-19/h5-14,28H,4H2,1-3H3,(H,29,33)(H,30,32). The number of sulfonamides is 1. The molecule has 12 nitrogen and oxygen atoms in total. The highest BCUT2D eigenvalue weighted by Gasteiger charge is 2.63. The zero-order valence-corrected chi connectivity index (χ0v) is 22.1. The Hall–Kier alpha value is -4.60. The van der Waals surface area contributed by atoms with Crippen LogP contribution in [0.3, 0.4) is 0 Å². The Labute approximate surface area is 226 Å². The number of carbonyl (C=O) groups is 2. The quantitative estimate of drug-likeness (QED) is 0.226. The van der Waals surface area contributed by atoms with Crippen LogP contribution in [-0.4, -0.2) is 63.2 Å².